The number of anilines is 2. The van der Waals surface area contributed by atoms with Gasteiger partial charge in [-0.3, -0.25) is 4.79 Å². The number of nitrogens with zero attached hydrogens (tertiary/aromatic N) is 1. The molecule has 1 heterocycles. The van der Waals surface area contributed by atoms with Crippen LogP contribution in [0.15, 0.2) is 72.8 Å². The van der Waals surface area contributed by atoms with Crippen LogP contribution in [0.3, 0.4) is 0 Å². The average Bonchev–Trinajstić information content (AvgIpc) is 3.24. The predicted octanol–water partition coefficient (Wildman–Crippen LogP) is 4.94. The van der Waals surface area contributed by atoms with Crippen molar-refractivity contribution in [1.29, 1.82) is 0 Å². The molecule has 1 fully saturated rings. The summed E-state index contributed by atoms with van der Waals surface area (Å²) in [6.45, 7) is 3.50. The SMILES string of the molecule is Cc1cccc(C(=O)Nc2ccc(N3CC[C@H](c4ccccc4)C3)c(C(=O)O)c2)c1. The van der Waals surface area contributed by atoms with E-state index < -0.39 is 5.97 Å². The fraction of sp³-hybridized carbons (Fsp3) is 0.200. The Bertz CT molecular complexity index is 1080. The molecule has 1 atom stereocenters. The van der Waals surface area contributed by atoms with Gasteiger partial charge < -0.3 is 15.3 Å². The molecule has 1 aliphatic heterocycles. The molecule has 152 valence electrons. The van der Waals surface area contributed by atoms with Crippen molar-refractivity contribution in [2.75, 3.05) is 23.3 Å². The first-order valence-electron chi connectivity index (χ1n) is 10.1. The minimum Gasteiger partial charge on any atom is -0.478 e. The molecule has 30 heavy (non-hydrogen) atoms. The highest BCUT2D eigenvalue weighted by atomic mass is 16.4. The van der Waals surface area contributed by atoms with Gasteiger partial charge in [-0.05, 0) is 49.2 Å². The Hall–Kier alpha value is -3.60. The second-order valence-corrected chi connectivity index (χ2v) is 7.70. The predicted molar refractivity (Wildman–Crippen MR) is 119 cm³/mol. The van der Waals surface area contributed by atoms with Crippen molar-refractivity contribution < 1.29 is 14.7 Å². The lowest BCUT2D eigenvalue weighted by molar-refractivity contribution is 0.0697. The van der Waals surface area contributed by atoms with Crippen LogP contribution in [0.5, 0.6) is 0 Å². The number of carbonyl (C=O) groups excluding carboxylic acids is 1. The number of carboxylic acid groups (broad SMARTS) is 1. The Morgan fingerprint density at radius 3 is 2.53 bits per heavy atom. The highest BCUT2D eigenvalue weighted by Crippen LogP contribution is 2.33. The molecule has 4 rings (SSSR count). The first-order chi connectivity index (χ1) is 14.5. The summed E-state index contributed by atoms with van der Waals surface area (Å²) in [5.74, 6) is -0.874. The third-order valence-corrected chi connectivity index (χ3v) is 5.57. The summed E-state index contributed by atoms with van der Waals surface area (Å²) < 4.78 is 0. The molecular weight excluding hydrogens is 376 g/mol. The number of rotatable bonds is 5. The molecule has 0 bridgehead atoms. The van der Waals surface area contributed by atoms with Crippen LogP contribution < -0.4 is 10.2 Å². The van der Waals surface area contributed by atoms with E-state index in [1.54, 1.807) is 30.3 Å². The maximum absolute atomic E-state index is 12.5. The summed E-state index contributed by atoms with van der Waals surface area (Å²) in [7, 11) is 0. The van der Waals surface area contributed by atoms with Crippen LogP contribution in [0.4, 0.5) is 11.4 Å². The van der Waals surface area contributed by atoms with Crippen molar-refractivity contribution >= 4 is 23.3 Å². The van der Waals surface area contributed by atoms with Crippen LogP contribution in [0.1, 0.15) is 44.2 Å². The van der Waals surface area contributed by atoms with Crippen molar-refractivity contribution in [3.05, 3.63) is 95.1 Å². The van der Waals surface area contributed by atoms with Gasteiger partial charge in [0.1, 0.15) is 0 Å². The summed E-state index contributed by atoms with van der Waals surface area (Å²) in [5.41, 5.74) is 4.17. The Labute approximate surface area is 176 Å². The molecule has 0 spiro atoms. The van der Waals surface area contributed by atoms with Gasteiger partial charge in [0.25, 0.3) is 5.91 Å². The monoisotopic (exact) mass is 400 g/mol. The number of carbonyl (C=O) groups is 2. The summed E-state index contributed by atoms with van der Waals surface area (Å²) in [6.07, 6.45) is 0.981. The quantitative estimate of drug-likeness (QED) is 0.636. The largest absolute Gasteiger partial charge is 0.478 e. The van der Waals surface area contributed by atoms with E-state index in [2.05, 4.69) is 22.3 Å². The van der Waals surface area contributed by atoms with Crippen molar-refractivity contribution in [1.82, 2.24) is 0 Å². The van der Waals surface area contributed by atoms with Crippen molar-refractivity contribution in [2.45, 2.75) is 19.3 Å². The topological polar surface area (TPSA) is 69.6 Å². The van der Waals surface area contributed by atoms with Crippen LogP contribution in [0, 0.1) is 6.92 Å². The Morgan fingerprint density at radius 2 is 1.80 bits per heavy atom. The van der Waals surface area contributed by atoms with Crippen LogP contribution in [-0.4, -0.2) is 30.1 Å². The molecular formula is C25H24N2O3. The van der Waals surface area contributed by atoms with Crippen LogP contribution in [-0.2, 0) is 0 Å². The molecule has 1 amide bonds. The van der Waals surface area contributed by atoms with E-state index in [9.17, 15) is 14.7 Å². The lowest BCUT2D eigenvalue weighted by Crippen LogP contribution is -2.22. The van der Waals surface area contributed by atoms with Gasteiger partial charge in [-0.15, -0.1) is 0 Å². The number of aryl methyl sites for hydroxylation is 1. The zero-order chi connectivity index (χ0) is 21.1. The zero-order valence-electron chi connectivity index (χ0n) is 16.8. The minimum absolute atomic E-state index is 0.200. The molecule has 5 nitrogen and oxygen atoms in total. The summed E-state index contributed by atoms with van der Waals surface area (Å²) in [5, 5.41) is 12.6. The molecule has 1 saturated heterocycles. The molecule has 5 heteroatoms. The van der Waals surface area contributed by atoms with Crippen LogP contribution in [0.25, 0.3) is 0 Å². The number of amides is 1. The molecule has 0 unspecified atom stereocenters. The lowest BCUT2D eigenvalue weighted by Gasteiger charge is -2.21. The van der Waals surface area contributed by atoms with E-state index >= 15 is 0 Å². The standard InChI is InChI=1S/C25H24N2O3/c1-17-6-5-9-19(14-17)24(28)26-21-10-11-23(22(15-21)25(29)30)27-13-12-20(16-27)18-7-3-2-4-8-18/h2-11,14-15,20H,12-13,16H2,1H3,(H,26,28)(H,29,30)/t20-/m0/s1. The molecule has 0 saturated carbocycles. The van der Waals surface area contributed by atoms with E-state index in [-0.39, 0.29) is 11.5 Å². The third-order valence-electron chi connectivity index (χ3n) is 5.57. The average molecular weight is 400 g/mol. The highest BCUT2D eigenvalue weighted by molar-refractivity contribution is 6.05. The fourth-order valence-electron chi connectivity index (χ4n) is 4.03. The molecule has 3 aromatic rings. The first kappa shape index (κ1) is 19.7. The lowest BCUT2D eigenvalue weighted by atomic mass is 9.99. The van der Waals surface area contributed by atoms with E-state index in [1.807, 2.05) is 37.3 Å². The van der Waals surface area contributed by atoms with Gasteiger partial charge >= 0.3 is 5.97 Å². The maximum atomic E-state index is 12.5. The number of aromatic carboxylic acids is 1. The molecule has 0 aromatic heterocycles. The maximum Gasteiger partial charge on any atom is 0.337 e. The molecule has 3 aromatic carbocycles. The van der Waals surface area contributed by atoms with Gasteiger partial charge in [0.2, 0.25) is 0 Å². The van der Waals surface area contributed by atoms with Gasteiger partial charge in [-0.1, -0.05) is 48.0 Å². The van der Waals surface area contributed by atoms with Crippen molar-refractivity contribution in [3.8, 4) is 0 Å². The van der Waals surface area contributed by atoms with Gasteiger partial charge in [0.05, 0.1) is 11.3 Å². The zero-order valence-corrected chi connectivity index (χ0v) is 16.8. The Balaban J connectivity index is 1.54. The Morgan fingerprint density at radius 1 is 1.00 bits per heavy atom. The number of carboxylic acids is 1. The summed E-state index contributed by atoms with van der Waals surface area (Å²) in [4.78, 5) is 26.6. The van der Waals surface area contributed by atoms with Gasteiger partial charge in [-0.25, -0.2) is 4.79 Å². The van der Waals surface area contributed by atoms with Gasteiger partial charge in [0, 0.05) is 30.3 Å². The molecule has 2 N–H and O–H groups in total. The van der Waals surface area contributed by atoms with Crippen LogP contribution >= 0.6 is 0 Å². The van der Waals surface area contributed by atoms with E-state index in [0.29, 0.717) is 22.9 Å². The summed E-state index contributed by atoms with van der Waals surface area (Å²) in [6, 6.07) is 22.7. The molecule has 0 aliphatic carbocycles. The van der Waals surface area contributed by atoms with Crippen molar-refractivity contribution in [2.24, 2.45) is 0 Å². The van der Waals surface area contributed by atoms with E-state index in [1.165, 1.54) is 5.56 Å². The van der Waals surface area contributed by atoms with Gasteiger partial charge in [0.15, 0.2) is 0 Å². The molecule has 1 aliphatic rings. The number of benzene rings is 3. The second-order valence-electron chi connectivity index (χ2n) is 7.70. The number of hydrogen-bond donors (Lipinski definition) is 2. The van der Waals surface area contributed by atoms with Crippen LogP contribution in [0.2, 0.25) is 0 Å². The summed E-state index contributed by atoms with van der Waals surface area (Å²) >= 11 is 0. The van der Waals surface area contributed by atoms with E-state index in [4.69, 9.17) is 0 Å². The first-order valence-corrected chi connectivity index (χ1v) is 10.1. The highest BCUT2D eigenvalue weighted by Gasteiger charge is 2.27. The Kier molecular flexibility index (Phi) is 5.53. The third kappa shape index (κ3) is 4.20. The van der Waals surface area contributed by atoms with Gasteiger partial charge in [-0.2, -0.15) is 0 Å². The van der Waals surface area contributed by atoms with Crippen molar-refractivity contribution in [3.63, 3.8) is 0 Å². The van der Waals surface area contributed by atoms with E-state index in [0.717, 1.165) is 25.1 Å². The number of nitrogens with one attached hydrogen (secondary N) is 1. The second kappa shape index (κ2) is 8.41. The normalized spacial score (nSPS) is 15.8. The molecule has 0 radical (unpaired) electrons. The minimum atomic E-state index is -1.00. The fourth-order valence-corrected chi connectivity index (χ4v) is 4.03. The smallest absolute Gasteiger partial charge is 0.337 e. The number of hydrogen-bond acceptors (Lipinski definition) is 3.